The van der Waals surface area contributed by atoms with Crippen LogP contribution in [0.4, 0.5) is 0 Å². The molecule has 0 radical (unpaired) electrons. The van der Waals surface area contributed by atoms with Crippen molar-refractivity contribution in [3.8, 4) is 11.8 Å². The molecule has 0 N–H and O–H groups in total. The molecule has 1 aromatic heterocycles. The van der Waals surface area contributed by atoms with E-state index < -0.39 is 5.97 Å². The summed E-state index contributed by atoms with van der Waals surface area (Å²) in [5, 5.41) is 9.44. The molecule has 1 heterocycles. The van der Waals surface area contributed by atoms with E-state index in [1.165, 1.54) is 4.57 Å². The number of nitriles is 1. The van der Waals surface area contributed by atoms with Gasteiger partial charge in [-0.05, 0) is 42.8 Å². The number of esters is 1. The van der Waals surface area contributed by atoms with E-state index in [0.717, 1.165) is 6.42 Å². The fourth-order valence-corrected chi connectivity index (χ4v) is 2.68. The van der Waals surface area contributed by atoms with E-state index in [9.17, 15) is 9.59 Å². The molecule has 28 heavy (non-hydrogen) atoms. The molecule has 0 fully saturated rings. The SMILES string of the molecule is CCCOc1ccc(C(=O)OCc2nc3ccccc3c(=O)n2CC#N)cc1. The molecule has 0 aliphatic heterocycles. The van der Waals surface area contributed by atoms with Crippen LogP contribution in [0.5, 0.6) is 5.75 Å². The summed E-state index contributed by atoms with van der Waals surface area (Å²) < 4.78 is 12.0. The number of hydrogen-bond acceptors (Lipinski definition) is 6. The summed E-state index contributed by atoms with van der Waals surface area (Å²) in [6, 6.07) is 15.4. The Labute approximate surface area is 161 Å². The number of fused-ring (bicyclic) bond motifs is 1. The van der Waals surface area contributed by atoms with Crippen molar-refractivity contribution >= 4 is 16.9 Å². The van der Waals surface area contributed by atoms with Crippen LogP contribution in [0, 0.1) is 11.3 Å². The van der Waals surface area contributed by atoms with Crippen LogP contribution in [0.1, 0.15) is 29.5 Å². The quantitative estimate of drug-likeness (QED) is 0.587. The Morgan fingerprint density at radius 2 is 1.93 bits per heavy atom. The average Bonchev–Trinajstić information content (AvgIpc) is 2.73. The highest BCUT2D eigenvalue weighted by atomic mass is 16.5. The first-order valence-electron chi connectivity index (χ1n) is 8.89. The monoisotopic (exact) mass is 377 g/mol. The smallest absolute Gasteiger partial charge is 0.338 e. The highest BCUT2D eigenvalue weighted by molar-refractivity contribution is 5.89. The van der Waals surface area contributed by atoms with Crippen LogP contribution >= 0.6 is 0 Å². The Balaban J connectivity index is 1.79. The van der Waals surface area contributed by atoms with Gasteiger partial charge >= 0.3 is 5.97 Å². The average molecular weight is 377 g/mol. The van der Waals surface area contributed by atoms with Crippen LogP contribution in [0.2, 0.25) is 0 Å². The molecular weight excluding hydrogens is 358 g/mol. The van der Waals surface area contributed by atoms with Crippen molar-refractivity contribution in [2.75, 3.05) is 6.61 Å². The highest BCUT2D eigenvalue weighted by Gasteiger charge is 2.14. The third-order valence-corrected chi connectivity index (χ3v) is 4.06. The van der Waals surface area contributed by atoms with Gasteiger partial charge in [-0.15, -0.1) is 0 Å². The lowest BCUT2D eigenvalue weighted by molar-refractivity contribution is 0.0457. The van der Waals surface area contributed by atoms with Crippen molar-refractivity contribution < 1.29 is 14.3 Å². The number of nitrogens with zero attached hydrogens (tertiary/aromatic N) is 3. The lowest BCUT2D eigenvalue weighted by atomic mass is 10.2. The molecule has 0 spiro atoms. The number of carbonyl (C=O) groups excluding carboxylic acids is 1. The first-order valence-corrected chi connectivity index (χ1v) is 8.89. The van der Waals surface area contributed by atoms with Gasteiger partial charge in [0.05, 0.1) is 29.1 Å². The van der Waals surface area contributed by atoms with E-state index in [-0.39, 0.29) is 24.5 Å². The Morgan fingerprint density at radius 1 is 1.18 bits per heavy atom. The molecule has 3 rings (SSSR count). The molecule has 0 unspecified atom stereocenters. The van der Waals surface area contributed by atoms with Gasteiger partial charge in [-0.2, -0.15) is 5.26 Å². The molecule has 142 valence electrons. The van der Waals surface area contributed by atoms with Crippen molar-refractivity contribution in [3.63, 3.8) is 0 Å². The number of ether oxygens (including phenoxy) is 2. The van der Waals surface area contributed by atoms with E-state index in [4.69, 9.17) is 14.7 Å². The lowest BCUT2D eigenvalue weighted by Crippen LogP contribution is -2.26. The van der Waals surface area contributed by atoms with E-state index in [1.54, 1.807) is 48.5 Å². The molecule has 0 amide bonds. The van der Waals surface area contributed by atoms with Crippen LogP contribution in [0.15, 0.2) is 53.3 Å². The summed E-state index contributed by atoms with van der Waals surface area (Å²) in [5.74, 6) is 0.354. The van der Waals surface area contributed by atoms with Crippen molar-refractivity contribution in [1.82, 2.24) is 9.55 Å². The molecule has 2 aromatic carbocycles. The number of benzene rings is 2. The molecule has 0 saturated carbocycles. The zero-order chi connectivity index (χ0) is 19.9. The summed E-state index contributed by atoms with van der Waals surface area (Å²) in [6.07, 6.45) is 0.896. The third kappa shape index (κ3) is 4.18. The summed E-state index contributed by atoms with van der Waals surface area (Å²) in [4.78, 5) is 29.3. The Hall–Kier alpha value is -3.66. The zero-order valence-corrected chi connectivity index (χ0v) is 15.4. The molecule has 0 aliphatic rings. The number of rotatable bonds is 7. The zero-order valence-electron chi connectivity index (χ0n) is 15.4. The van der Waals surface area contributed by atoms with Crippen LogP contribution in [0.3, 0.4) is 0 Å². The fraction of sp³-hybridized carbons (Fsp3) is 0.238. The standard InChI is InChI=1S/C21H19N3O4/c1-2-13-27-16-9-7-15(8-10-16)21(26)28-14-19-23-18-6-4-3-5-17(18)20(25)24(19)12-11-22/h3-10H,2,12-14H2,1H3. The maximum Gasteiger partial charge on any atom is 0.338 e. The van der Waals surface area contributed by atoms with E-state index in [0.29, 0.717) is 28.8 Å². The van der Waals surface area contributed by atoms with Gasteiger partial charge in [0.25, 0.3) is 5.56 Å². The minimum absolute atomic E-state index is 0.174. The number of aromatic nitrogens is 2. The first-order chi connectivity index (χ1) is 13.6. The van der Waals surface area contributed by atoms with Crippen LogP contribution < -0.4 is 10.3 Å². The van der Waals surface area contributed by atoms with Gasteiger partial charge in [0.2, 0.25) is 0 Å². The maximum atomic E-state index is 12.6. The number of hydrogen-bond donors (Lipinski definition) is 0. The van der Waals surface area contributed by atoms with Gasteiger partial charge in [-0.3, -0.25) is 9.36 Å². The van der Waals surface area contributed by atoms with Gasteiger partial charge in [0.1, 0.15) is 18.9 Å². The lowest BCUT2D eigenvalue weighted by Gasteiger charge is -2.11. The fourth-order valence-electron chi connectivity index (χ4n) is 2.68. The van der Waals surface area contributed by atoms with Gasteiger partial charge in [-0.25, -0.2) is 9.78 Å². The van der Waals surface area contributed by atoms with Gasteiger partial charge in [-0.1, -0.05) is 19.1 Å². The molecule has 3 aromatic rings. The second-order valence-electron chi connectivity index (χ2n) is 6.04. The van der Waals surface area contributed by atoms with Crippen LogP contribution in [0.25, 0.3) is 10.9 Å². The second kappa shape index (κ2) is 8.82. The Kier molecular flexibility index (Phi) is 6.02. The summed E-state index contributed by atoms with van der Waals surface area (Å²) >= 11 is 0. The topological polar surface area (TPSA) is 94.2 Å². The van der Waals surface area contributed by atoms with Crippen molar-refractivity contribution in [3.05, 3.63) is 70.3 Å². The largest absolute Gasteiger partial charge is 0.494 e. The Morgan fingerprint density at radius 3 is 2.64 bits per heavy atom. The van der Waals surface area contributed by atoms with E-state index >= 15 is 0 Å². The number of carbonyl (C=O) groups is 1. The minimum Gasteiger partial charge on any atom is -0.494 e. The van der Waals surface area contributed by atoms with E-state index in [1.807, 2.05) is 13.0 Å². The molecule has 0 bridgehead atoms. The molecule has 7 heteroatoms. The third-order valence-electron chi connectivity index (χ3n) is 4.06. The van der Waals surface area contributed by atoms with Crippen LogP contribution in [-0.2, 0) is 17.9 Å². The maximum absolute atomic E-state index is 12.6. The van der Waals surface area contributed by atoms with E-state index in [2.05, 4.69) is 4.98 Å². The summed E-state index contributed by atoms with van der Waals surface area (Å²) in [5.41, 5.74) is 0.514. The summed E-state index contributed by atoms with van der Waals surface area (Å²) in [6.45, 7) is 2.23. The molecule has 7 nitrogen and oxygen atoms in total. The molecule has 0 saturated heterocycles. The van der Waals surface area contributed by atoms with Gasteiger partial charge in [0, 0.05) is 0 Å². The molecular formula is C21H19N3O4. The predicted molar refractivity (Wildman–Crippen MR) is 103 cm³/mol. The van der Waals surface area contributed by atoms with Gasteiger partial charge in [0.15, 0.2) is 5.82 Å². The molecule has 0 atom stereocenters. The second-order valence-corrected chi connectivity index (χ2v) is 6.04. The van der Waals surface area contributed by atoms with Crippen molar-refractivity contribution in [2.24, 2.45) is 0 Å². The summed E-state index contributed by atoms with van der Waals surface area (Å²) in [7, 11) is 0. The Bertz CT molecular complexity index is 1080. The number of para-hydroxylation sites is 1. The minimum atomic E-state index is -0.548. The van der Waals surface area contributed by atoms with Crippen molar-refractivity contribution in [1.29, 1.82) is 5.26 Å². The highest BCUT2D eigenvalue weighted by Crippen LogP contribution is 2.14. The van der Waals surface area contributed by atoms with Crippen molar-refractivity contribution in [2.45, 2.75) is 26.5 Å². The van der Waals surface area contributed by atoms with Gasteiger partial charge < -0.3 is 9.47 Å². The van der Waals surface area contributed by atoms with Crippen LogP contribution in [-0.4, -0.2) is 22.1 Å². The molecule has 0 aliphatic carbocycles. The normalized spacial score (nSPS) is 10.4. The predicted octanol–water partition coefficient (Wildman–Crippen LogP) is 3.07. The first kappa shape index (κ1) is 19.1.